The number of rotatable bonds is 3. The topological polar surface area (TPSA) is 80.5 Å². The van der Waals surface area contributed by atoms with Crippen molar-refractivity contribution < 1.29 is 14.6 Å². The van der Waals surface area contributed by atoms with Crippen molar-refractivity contribution in [2.24, 2.45) is 0 Å². The monoisotopic (exact) mass is 332 g/mol. The van der Waals surface area contributed by atoms with E-state index in [1.54, 1.807) is 17.3 Å². The van der Waals surface area contributed by atoms with Crippen molar-refractivity contribution in [3.63, 3.8) is 0 Å². The fraction of sp³-hybridized carbons (Fsp3) is 0.471. The van der Waals surface area contributed by atoms with Crippen LogP contribution in [0, 0.1) is 6.92 Å². The Morgan fingerprint density at radius 3 is 2.71 bits per heavy atom. The van der Waals surface area contributed by atoms with Crippen LogP contribution in [0.1, 0.15) is 36.2 Å². The van der Waals surface area contributed by atoms with E-state index in [9.17, 15) is 9.90 Å². The van der Waals surface area contributed by atoms with Gasteiger partial charge in [-0.3, -0.25) is 4.79 Å². The summed E-state index contributed by atoms with van der Waals surface area (Å²) < 4.78 is 5.46. The summed E-state index contributed by atoms with van der Waals surface area (Å²) in [4.78, 5) is 15.9. The number of ether oxygens (including phenoxy) is 1. The lowest BCUT2D eigenvalue weighted by Crippen LogP contribution is -2.48. The lowest BCUT2D eigenvalue weighted by atomic mass is 10.1. The molecule has 24 heavy (non-hydrogen) atoms. The summed E-state index contributed by atoms with van der Waals surface area (Å²) in [6.07, 6.45) is 3.28. The minimum atomic E-state index is -0.597. The first-order valence-corrected chi connectivity index (χ1v) is 8.21. The SMILES string of the molecule is CC.Cc1ccc(-n2nccn2)c(C(=O)N2CCCOC2CO)c1. The van der Waals surface area contributed by atoms with Gasteiger partial charge in [0.2, 0.25) is 0 Å². The summed E-state index contributed by atoms with van der Waals surface area (Å²) in [7, 11) is 0. The van der Waals surface area contributed by atoms with Crippen molar-refractivity contribution in [1.82, 2.24) is 19.9 Å². The Balaban J connectivity index is 0.00000100. The average molecular weight is 332 g/mol. The number of aliphatic hydroxyl groups is 1. The van der Waals surface area contributed by atoms with Gasteiger partial charge in [0.25, 0.3) is 5.91 Å². The third-order valence-corrected chi connectivity index (χ3v) is 3.63. The van der Waals surface area contributed by atoms with Gasteiger partial charge in [-0.1, -0.05) is 25.5 Å². The lowest BCUT2D eigenvalue weighted by Gasteiger charge is -2.34. The Morgan fingerprint density at radius 1 is 1.33 bits per heavy atom. The maximum Gasteiger partial charge on any atom is 0.258 e. The van der Waals surface area contributed by atoms with Gasteiger partial charge in [-0.2, -0.15) is 15.0 Å². The van der Waals surface area contributed by atoms with Crippen LogP contribution >= 0.6 is 0 Å². The Kier molecular flexibility index (Phi) is 6.45. The molecule has 1 aromatic carbocycles. The van der Waals surface area contributed by atoms with E-state index in [-0.39, 0.29) is 12.5 Å². The maximum atomic E-state index is 12.9. The zero-order valence-corrected chi connectivity index (χ0v) is 14.3. The number of nitrogens with zero attached hydrogens (tertiary/aromatic N) is 4. The molecular weight excluding hydrogens is 308 g/mol. The van der Waals surface area contributed by atoms with Crippen LogP contribution in [-0.4, -0.2) is 56.9 Å². The Hall–Kier alpha value is -2.25. The number of benzene rings is 1. The minimum absolute atomic E-state index is 0.185. The zero-order valence-electron chi connectivity index (χ0n) is 14.3. The zero-order chi connectivity index (χ0) is 17.5. The number of aryl methyl sites for hydroxylation is 1. The summed E-state index contributed by atoms with van der Waals surface area (Å²) in [5.74, 6) is -0.185. The highest BCUT2D eigenvalue weighted by Crippen LogP contribution is 2.20. The predicted molar refractivity (Wildman–Crippen MR) is 89.9 cm³/mol. The molecule has 0 radical (unpaired) electrons. The van der Waals surface area contributed by atoms with Gasteiger partial charge in [0.1, 0.15) is 0 Å². The van der Waals surface area contributed by atoms with Crippen LogP contribution in [0.25, 0.3) is 5.69 Å². The number of hydrogen-bond donors (Lipinski definition) is 1. The number of carbonyl (C=O) groups is 1. The van der Waals surface area contributed by atoms with Crippen LogP contribution in [0.3, 0.4) is 0 Å². The number of amides is 1. The van der Waals surface area contributed by atoms with Crippen molar-refractivity contribution in [3.8, 4) is 5.69 Å². The molecule has 1 atom stereocenters. The Labute approximate surface area is 141 Å². The van der Waals surface area contributed by atoms with Crippen LogP contribution in [0.2, 0.25) is 0 Å². The fourth-order valence-corrected chi connectivity index (χ4v) is 2.56. The number of aromatic nitrogens is 3. The molecule has 1 unspecified atom stereocenters. The molecule has 0 bridgehead atoms. The van der Waals surface area contributed by atoms with Gasteiger partial charge in [0.15, 0.2) is 6.23 Å². The van der Waals surface area contributed by atoms with E-state index in [2.05, 4.69) is 10.2 Å². The molecule has 1 fully saturated rings. The maximum absolute atomic E-state index is 12.9. The molecule has 0 aliphatic carbocycles. The van der Waals surface area contributed by atoms with Crippen LogP contribution < -0.4 is 0 Å². The average Bonchev–Trinajstić information content (AvgIpc) is 3.17. The predicted octanol–water partition coefficient (Wildman–Crippen LogP) is 1.78. The van der Waals surface area contributed by atoms with Gasteiger partial charge in [-0.15, -0.1) is 0 Å². The van der Waals surface area contributed by atoms with Crippen LogP contribution in [0.15, 0.2) is 30.6 Å². The molecule has 0 saturated carbocycles. The van der Waals surface area contributed by atoms with Crippen LogP contribution in [0.4, 0.5) is 0 Å². The number of aliphatic hydroxyl groups excluding tert-OH is 1. The van der Waals surface area contributed by atoms with Gasteiger partial charge < -0.3 is 14.7 Å². The molecule has 2 heterocycles. The highest BCUT2D eigenvalue weighted by atomic mass is 16.5. The molecule has 1 aliphatic rings. The third-order valence-electron chi connectivity index (χ3n) is 3.63. The van der Waals surface area contributed by atoms with E-state index >= 15 is 0 Å². The van der Waals surface area contributed by atoms with Gasteiger partial charge in [-0.25, -0.2) is 0 Å². The Bertz CT molecular complexity index is 658. The quantitative estimate of drug-likeness (QED) is 0.927. The van der Waals surface area contributed by atoms with Crippen molar-refractivity contribution in [1.29, 1.82) is 0 Å². The highest BCUT2D eigenvalue weighted by molar-refractivity contribution is 5.98. The molecule has 1 aliphatic heterocycles. The minimum Gasteiger partial charge on any atom is -0.392 e. The molecule has 2 aromatic rings. The molecule has 3 rings (SSSR count). The fourth-order valence-electron chi connectivity index (χ4n) is 2.56. The van der Waals surface area contributed by atoms with Gasteiger partial charge >= 0.3 is 0 Å². The summed E-state index contributed by atoms with van der Waals surface area (Å²) in [6, 6.07) is 5.54. The second kappa shape index (κ2) is 8.56. The number of carbonyl (C=O) groups excluding carboxylic acids is 1. The Morgan fingerprint density at radius 2 is 2.04 bits per heavy atom. The molecule has 7 heteroatoms. The highest BCUT2D eigenvalue weighted by Gasteiger charge is 2.29. The molecule has 0 spiro atoms. The van der Waals surface area contributed by atoms with Gasteiger partial charge in [0.05, 0.1) is 36.9 Å². The van der Waals surface area contributed by atoms with Crippen LogP contribution in [0.5, 0.6) is 0 Å². The van der Waals surface area contributed by atoms with Gasteiger partial charge in [-0.05, 0) is 25.5 Å². The molecule has 1 aromatic heterocycles. The summed E-state index contributed by atoms with van der Waals surface area (Å²) in [5.41, 5.74) is 2.08. The van der Waals surface area contributed by atoms with E-state index in [0.717, 1.165) is 12.0 Å². The van der Waals surface area contributed by atoms with Crippen molar-refractivity contribution in [3.05, 3.63) is 41.7 Å². The van der Waals surface area contributed by atoms with E-state index < -0.39 is 6.23 Å². The molecule has 1 amide bonds. The van der Waals surface area contributed by atoms with E-state index in [1.165, 1.54) is 4.80 Å². The molecular formula is C17H24N4O3. The van der Waals surface area contributed by atoms with Gasteiger partial charge in [0, 0.05) is 6.54 Å². The summed E-state index contributed by atoms with van der Waals surface area (Å²) in [6.45, 7) is 6.82. The standard InChI is InChI=1S/C15H18N4O3.C2H6/c1-11-3-4-13(19-16-5-6-17-19)12(9-11)15(21)18-7-2-8-22-14(18)10-20;1-2/h3-6,9,14,20H,2,7-8,10H2,1H3;1-2H3. The van der Waals surface area contributed by atoms with Crippen molar-refractivity contribution in [2.75, 3.05) is 19.8 Å². The molecule has 7 nitrogen and oxygen atoms in total. The number of hydrogen-bond acceptors (Lipinski definition) is 5. The second-order valence-corrected chi connectivity index (χ2v) is 5.20. The molecule has 1 N–H and O–H groups in total. The lowest BCUT2D eigenvalue weighted by molar-refractivity contribution is -0.0996. The summed E-state index contributed by atoms with van der Waals surface area (Å²) in [5, 5.41) is 17.6. The first kappa shape index (κ1) is 18.1. The van der Waals surface area contributed by atoms with Crippen LogP contribution in [-0.2, 0) is 4.74 Å². The molecule has 1 saturated heterocycles. The molecule has 130 valence electrons. The van der Waals surface area contributed by atoms with E-state index in [0.29, 0.717) is 24.4 Å². The first-order valence-electron chi connectivity index (χ1n) is 8.21. The first-order chi connectivity index (χ1) is 11.7. The normalized spacial score (nSPS) is 17.2. The van der Waals surface area contributed by atoms with Crippen molar-refractivity contribution in [2.45, 2.75) is 33.4 Å². The summed E-state index contributed by atoms with van der Waals surface area (Å²) >= 11 is 0. The van der Waals surface area contributed by atoms with Crippen molar-refractivity contribution >= 4 is 5.91 Å². The third kappa shape index (κ3) is 3.80. The van der Waals surface area contributed by atoms with E-state index in [1.807, 2.05) is 39.0 Å². The van der Waals surface area contributed by atoms with E-state index in [4.69, 9.17) is 4.74 Å². The second-order valence-electron chi connectivity index (χ2n) is 5.20. The smallest absolute Gasteiger partial charge is 0.258 e. The largest absolute Gasteiger partial charge is 0.392 e.